The molecule has 9 heteroatoms. The summed E-state index contributed by atoms with van der Waals surface area (Å²) in [6.45, 7) is 3.74. The fourth-order valence-electron chi connectivity index (χ4n) is 2.96. The van der Waals surface area contributed by atoms with Gasteiger partial charge in [-0.2, -0.15) is 0 Å². The molecule has 0 aliphatic rings. The maximum Gasteiger partial charge on any atom is 0.263 e. The molecule has 31 heavy (non-hydrogen) atoms. The number of fused-ring (bicyclic) bond motifs is 1. The lowest BCUT2D eigenvalue weighted by Crippen LogP contribution is -2.21. The molecule has 0 atom stereocenters. The van der Waals surface area contributed by atoms with E-state index in [0.29, 0.717) is 15.4 Å². The molecule has 5 nitrogen and oxygen atoms in total. The zero-order chi connectivity index (χ0) is 21.8. The van der Waals surface area contributed by atoms with E-state index in [2.05, 4.69) is 16.9 Å². The van der Waals surface area contributed by atoms with Crippen molar-refractivity contribution >= 4 is 68.0 Å². The first-order valence-electron chi connectivity index (χ1n) is 9.36. The Morgan fingerprint density at radius 3 is 2.84 bits per heavy atom. The van der Waals surface area contributed by atoms with Crippen LogP contribution in [0.15, 0.2) is 74.7 Å². The Balaban J connectivity index is 1.51. The number of aromatic nitrogens is 2. The molecule has 0 radical (unpaired) electrons. The highest BCUT2D eigenvalue weighted by molar-refractivity contribution is 8.00. The summed E-state index contributed by atoms with van der Waals surface area (Å²) < 4.78 is 1.53. The Morgan fingerprint density at radius 2 is 2.06 bits per heavy atom. The van der Waals surface area contributed by atoms with E-state index in [-0.39, 0.29) is 17.2 Å². The van der Waals surface area contributed by atoms with Crippen molar-refractivity contribution in [2.24, 2.45) is 7.05 Å². The van der Waals surface area contributed by atoms with Crippen molar-refractivity contribution < 1.29 is 4.79 Å². The van der Waals surface area contributed by atoms with E-state index in [4.69, 9.17) is 0 Å². The number of nitrogens with zero attached hydrogens (tertiary/aromatic N) is 2. The molecule has 0 saturated carbocycles. The quantitative estimate of drug-likeness (QED) is 0.196. The van der Waals surface area contributed by atoms with Crippen LogP contribution in [0.25, 0.3) is 20.7 Å². The number of carbonyl (C=O) groups is 1. The van der Waals surface area contributed by atoms with Crippen molar-refractivity contribution in [2.45, 2.75) is 10.1 Å². The fourth-order valence-corrected chi connectivity index (χ4v) is 6.28. The van der Waals surface area contributed by atoms with E-state index in [1.54, 1.807) is 30.1 Å². The van der Waals surface area contributed by atoms with Crippen molar-refractivity contribution in [3.05, 3.63) is 70.2 Å². The second-order valence-electron chi connectivity index (χ2n) is 6.50. The number of thiophene rings is 2. The lowest BCUT2D eigenvalue weighted by atomic mass is 10.2. The first-order chi connectivity index (χ1) is 15.1. The van der Waals surface area contributed by atoms with Gasteiger partial charge >= 0.3 is 0 Å². The molecule has 0 saturated heterocycles. The molecule has 1 amide bonds. The Hall–Kier alpha value is -2.33. The van der Waals surface area contributed by atoms with Crippen LogP contribution in [0.4, 0.5) is 5.69 Å². The van der Waals surface area contributed by atoms with Gasteiger partial charge in [0.2, 0.25) is 5.91 Å². The molecule has 4 aromatic rings. The van der Waals surface area contributed by atoms with E-state index in [9.17, 15) is 9.59 Å². The molecule has 0 aliphatic heterocycles. The van der Waals surface area contributed by atoms with Crippen LogP contribution in [0.5, 0.6) is 0 Å². The summed E-state index contributed by atoms with van der Waals surface area (Å²) in [5.74, 6) is 0.786. The highest BCUT2D eigenvalue weighted by Crippen LogP contribution is 2.34. The highest BCUT2D eigenvalue weighted by Gasteiger charge is 2.17. The van der Waals surface area contributed by atoms with Gasteiger partial charge in [-0.1, -0.05) is 36.0 Å². The average Bonchev–Trinajstić information content (AvgIpc) is 3.44. The van der Waals surface area contributed by atoms with Gasteiger partial charge in [0.05, 0.1) is 16.8 Å². The standard InChI is InChI=1S/C22H19N3O2S4/c1-3-10-28-17-8-5-4-7-15(17)23-18(26)13-31-22-24-20-19(21(27)25(22)2)14(12-30-20)16-9-6-11-29-16/h3-9,11-12H,1,10,13H2,2H3,(H,23,26). The summed E-state index contributed by atoms with van der Waals surface area (Å²) >= 11 is 5.93. The van der Waals surface area contributed by atoms with E-state index >= 15 is 0 Å². The minimum Gasteiger partial charge on any atom is -0.324 e. The molecular formula is C22H19N3O2S4. The fraction of sp³-hybridized carbons (Fsp3) is 0.136. The van der Waals surface area contributed by atoms with E-state index in [1.807, 2.05) is 53.2 Å². The van der Waals surface area contributed by atoms with Crippen LogP contribution in [0.1, 0.15) is 0 Å². The number of rotatable bonds is 8. The third kappa shape index (κ3) is 4.79. The maximum absolute atomic E-state index is 13.0. The zero-order valence-electron chi connectivity index (χ0n) is 16.7. The van der Waals surface area contributed by atoms with Crippen molar-refractivity contribution in [3.63, 3.8) is 0 Å². The second-order valence-corrected chi connectivity index (χ2v) is 10.3. The normalized spacial score (nSPS) is 11.0. The maximum atomic E-state index is 13.0. The highest BCUT2D eigenvalue weighted by atomic mass is 32.2. The van der Waals surface area contributed by atoms with Crippen LogP contribution >= 0.6 is 46.2 Å². The van der Waals surface area contributed by atoms with Gasteiger partial charge in [0.1, 0.15) is 4.83 Å². The molecule has 0 aliphatic carbocycles. The molecule has 3 heterocycles. The van der Waals surface area contributed by atoms with Gasteiger partial charge in [0.25, 0.3) is 5.56 Å². The van der Waals surface area contributed by atoms with Gasteiger partial charge in [0, 0.05) is 33.5 Å². The Kier molecular flexibility index (Phi) is 6.96. The summed E-state index contributed by atoms with van der Waals surface area (Å²) in [6.07, 6.45) is 1.83. The molecule has 158 valence electrons. The number of amides is 1. The molecule has 1 aromatic carbocycles. The van der Waals surface area contributed by atoms with Crippen LogP contribution in [0.3, 0.4) is 0 Å². The smallest absolute Gasteiger partial charge is 0.263 e. The number of carbonyl (C=O) groups excluding carboxylic acids is 1. The van der Waals surface area contributed by atoms with Crippen molar-refractivity contribution in [2.75, 3.05) is 16.8 Å². The summed E-state index contributed by atoms with van der Waals surface area (Å²) in [7, 11) is 1.70. The van der Waals surface area contributed by atoms with E-state index in [0.717, 1.165) is 26.8 Å². The number of benzene rings is 1. The third-order valence-corrected chi connectivity index (χ3v) is 8.29. The van der Waals surface area contributed by atoms with Gasteiger partial charge < -0.3 is 5.32 Å². The molecule has 0 spiro atoms. The van der Waals surface area contributed by atoms with E-state index in [1.165, 1.54) is 27.7 Å². The van der Waals surface area contributed by atoms with Crippen LogP contribution in [-0.2, 0) is 11.8 Å². The van der Waals surface area contributed by atoms with Gasteiger partial charge in [-0.3, -0.25) is 14.2 Å². The zero-order valence-corrected chi connectivity index (χ0v) is 19.9. The molecular weight excluding hydrogens is 467 g/mol. The molecule has 0 fully saturated rings. The number of anilines is 1. The minimum atomic E-state index is -0.142. The van der Waals surface area contributed by atoms with E-state index < -0.39 is 0 Å². The van der Waals surface area contributed by atoms with Crippen LogP contribution in [0, 0.1) is 0 Å². The predicted molar refractivity (Wildman–Crippen MR) is 135 cm³/mol. The molecule has 0 unspecified atom stereocenters. The number of nitrogens with one attached hydrogen (secondary N) is 1. The van der Waals surface area contributed by atoms with Gasteiger partial charge in [-0.05, 0) is 23.6 Å². The molecule has 3 aromatic heterocycles. The SMILES string of the molecule is C=CCSc1ccccc1NC(=O)CSc1nc2scc(-c3cccs3)c2c(=O)n1C. The predicted octanol–water partition coefficient (Wildman–Crippen LogP) is 5.73. The lowest BCUT2D eigenvalue weighted by Gasteiger charge is -2.11. The summed E-state index contributed by atoms with van der Waals surface area (Å²) in [6, 6.07) is 11.7. The topological polar surface area (TPSA) is 64.0 Å². The first-order valence-corrected chi connectivity index (χ1v) is 13.1. The molecule has 4 rings (SSSR count). The van der Waals surface area contributed by atoms with Crippen molar-refractivity contribution in [1.29, 1.82) is 0 Å². The molecule has 1 N–H and O–H groups in total. The largest absolute Gasteiger partial charge is 0.324 e. The molecule has 0 bridgehead atoms. The summed E-state index contributed by atoms with van der Waals surface area (Å²) in [5, 5.41) is 8.09. The summed E-state index contributed by atoms with van der Waals surface area (Å²) in [5.41, 5.74) is 1.60. The van der Waals surface area contributed by atoms with Gasteiger partial charge in [-0.25, -0.2) is 4.98 Å². The Morgan fingerprint density at radius 1 is 1.23 bits per heavy atom. The first kappa shape index (κ1) is 21.9. The van der Waals surface area contributed by atoms with Gasteiger partial charge in [-0.15, -0.1) is 41.0 Å². The van der Waals surface area contributed by atoms with Gasteiger partial charge in [0.15, 0.2) is 5.16 Å². The lowest BCUT2D eigenvalue weighted by molar-refractivity contribution is -0.113. The number of hydrogen-bond donors (Lipinski definition) is 1. The number of para-hydroxylation sites is 1. The Bertz CT molecular complexity index is 1290. The van der Waals surface area contributed by atoms with Crippen molar-refractivity contribution in [1.82, 2.24) is 9.55 Å². The van der Waals surface area contributed by atoms with Crippen LogP contribution in [0.2, 0.25) is 0 Å². The number of hydrogen-bond acceptors (Lipinski definition) is 7. The second kappa shape index (κ2) is 9.86. The Labute approximate surface area is 196 Å². The van der Waals surface area contributed by atoms with Crippen LogP contribution in [-0.4, -0.2) is 27.0 Å². The number of thioether (sulfide) groups is 2. The average molecular weight is 486 g/mol. The third-order valence-electron chi connectivity index (χ3n) is 4.41. The summed E-state index contributed by atoms with van der Waals surface area (Å²) in [4.78, 5) is 33.0. The minimum absolute atomic E-state index is 0.0938. The van der Waals surface area contributed by atoms with Crippen LogP contribution < -0.4 is 10.9 Å². The monoisotopic (exact) mass is 485 g/mol. The van der Waals surface area contributed by atoms with Crippen molar-refractivity contribution in [3.8, 4) is 10.4 Å².